The van der Waals surface area contributed by atoms with E-state index in [0.717, 1.165) is 24.3 Å². The number of hydrogen-bond acceptors (Lipinski definition) is 4. The van der Waals surface area contributed by atoms with Gasteiger partial charge in [0.1, 0.15) is 5.82 Å². The van der Waals surface area contributed by atoms with Gasteiger partial charge in [0.2, 0.25) is 5.82 Å². The van der Waals surface area contributed by atoms with Gasteiger partial charge in [-0.1, -0.05) is 0 Å². The number of carbonyl (C=O) groups is 1. The molecule has 1 aromatic rings. The molecule has 0 unspecified atom stereocenters. The van der Waals surface area contributed by atoms with Crippen molar-refractivity contribution in [2.75, 3.05) is 11.5 Å². The Kier molecular flexibility index (Phi) is 3.25. The maximum atomic E-state index is 11.7. The first-order chi connectivity index (χ1) is 7.25. The van der Waals surface area contributed by atoms with Crippen molar-refractivity contribution in [1.82, 2.24) is 20.5 Å². The van der Waals surface area contributed by atoms with E-state index in [1.807, 2.05) is 11.8 Å². The highest BCUT2D eigenvalue weighted by atomic mass is 32.2. The number of nitrogens with one attached hydrogen (secondary N) is 2. The summed E-state index contributed by atoms with van der Waals surface area (Å²) in [6.45, 7) is 1.78. The largest absolute Gasteiger partial charge is 0.346 e. The minimum atomic E-state index is -0.170. The van der Waals surface area contributed by atoms with Gasteiger partial charge >= 0.3 is 0 Å². The normalized spacial score (nSPS) is 17.7. The van der Waals surface area contributed by atoms with Crippen molar-refractivity contribution >= 4 is 17.7 Å². The Morgan fingerprint density at radius 1 is 1.53 bits per heavy atom. The number of thioether (sulfide) groups is 1. The number of nitrogens with zero attached hydrogens (tertiary/aromatic N) is 2. The number of aromatic amines is 1. The lowest BCUT2D eigenvalue weighted by Gasteiger charge is -2.21. The molecule has 15 heavy (non-hydrogen) atoms. The van der Waals surface area contributed by atoms with Gasteiger partial charge in [-0.3, -0.25) is 9.89 Å². The molecular weight excluding hydrogens is 212 g/mol. The molecule has 0 aromatic carbocycles. The third-order valence-corrected chi connectivity index (χ3v) is 3.41. The summed E-state index contributed by atoms with van der Waals surface area (Å²) in [4.78, 5) is 15.7. The first kappa shape index (κ1) is 10.5. The molecule has 1 saturated heterocycles. The van der Waals surface area contributed by atoms with Crippen molar-refractivity contribution in [3.8, 4) is 0 Å². The molecule has 1 aliphatic heterocycles. The van der Waals surface area contributed by atoms with Crippen molar-refractivity contribution in [1.29, 1.82) is 0 Å². The van der Waals surface area contributed by atoms with Gasteiger partial charge in [-0.15, -0.1) is 5.10 Å². The molecule has 0 bridgehead atoms. The third kappa shape index (κ3) is 2.71. The summed E-state index contributed by atoms with van der Waals surface area (Å²) < 4.78 is 0. The number of hydrogen-bond donors (Lipinski definition) is 2. The molecule has 0 aliphatic carbocycles. The van der Waals surface area contributed by atoms with Crippen LogP contribution in [0.1, 0.15) is 29.3 Å². The number of aromatic nitrogens is 3. The van der Waals surface area contributed by atoms with Gasteiger partial charge in [0, 0.05) is 6.04 Å². The van der Waals surface area contributed by atoms with Crippen LogP contribution in [0.4, 0.5) is 0 Å². The van der Waals surface area contributed by atoms with Crippen molar-refractivity contribution < 1.29 is 4.79 Å². The monoisotopic (exact) mass is 226 g/mol. The Balaban J connectivity index is 1.91. The topological polar surface area (TPSA) is 70.7 Å². The van der Waals surface area contributed by atoms with Crippen LogP contribution in [0.25, 0.3) is 0 Å². The fourth-order valence-corrected chi connectivity index (χ4v) is 2.64. The maximum absolute atomic E-state index is 11.7. The lowest BCUT2D eigenvalue weighted by Crippen LogP contribution is -2.37. The van der Waals surface area contributed by atoms with Crippen molar-refractivity contribution in [2.24, 2.45) is 0 Å². The van der Waals surface area contributed by atoms with E-state index >= 15 is 0 Å². The Bertz CT molecular complexity index is 346. The van der Waals surface area contributed by atoms with Gasteiger partial charge in [0.15, 0.2) is 0 Å². The third-order valence-electron chi connectivity index (χ3n) is 2.36. The highest BCUT2D eigenvalue weighted by Gasteiger charge is 2.18. The fourth-order valence-electron chi connectivity index (χ4n) is 1.54. The van der Waals surface area contributed by atoms with Gasteiger partial charge in [0.05, 0.1) is 0 Å². The predicted molar refractivity (Wildman–Crippen MR) is 58.9 cm³/mol. The van der Waals surface area contributed by atoms with Gasteiger partial charge in [-0.2, -0.15) is 11.8 Å². The number of rotatable bonds is 2. The summed E-state index contributed by atoms with van der Waals surface area (Å²) in [5.41, 5.74) is 0. The molecule has 1 amide bonds. The van der Waals surface area contributed by atoms with Gasteiger partial charge in [-0.25, -0.2) is 4.98 Å². The van der Waals surface area contributed by atoms with E-state index < -0.39 is 0 Å². The quantitative estimate of drug-likeness (QED) is 0.780. The predicted octanol–water partition coefficient (Wildman–Crippen LogP) is 0.739. The molecule has 2 rings (SSSR count). The molecule has 0 saturated carbocycles. The first-order valence-electron chi connectivity index (χ1n) is 5.03. The molecule has 82 valence electrons. The lowest BCUT2D eigenvalue weighted by molar-refractivity contribution is 0.0924. The van der Waals surface area contributed by atoms with Crippen LogP contribution in [0.5, 0.6) is 0 Å². The highest BCUT2D eigenvalue weighted by Crippen LogP contribution is 2.16. The average molecular weight is 226 g/mol. The smallest absolute Gasteiger partial charge is 0.291 e. The van der Waals surface area contributed by atoms with Gasteiger partial charge in [-0.05, 0) is 31.3 Å². The van der Waals surface area contributed by atoms with E-state index in [1.165, 1.54) is 0 Å². The maximum Gasteiger partial charge on any atom is 0.291 e. The van der Waals surface area contributed by atoms with Crippen molar-refractivity contribution in [3.63, 3.8) is 0 Å². The van der Waals surface area contributed by atoms with Gasteiger partial charge in [0.25, 0.3) is 5.91 Å². The molecule has 2 heterocycles. The molecule has 1 fully saturated rings. The standard InChI is InChI=1S/C9H14N4OS/c1-6-10-8(13-12-6)9(14)11-7-2-4-15-5-3-7/h7H,2-5H2,1H3,(H,11,14)(H,10,12,13). The lowest BCUT2D eigenvalue weighted by atomic mass is 10.1. The Morgan fingerprint density at radius 3 is 2.87 bits per heavy atom. The summed E-state index contributed by atoms with van der Waals surface area (Å²) in [6, 6.07) is 0.289. The second kappa shape index (κ2) is 4.65. The van der Waals surface area contributed by atoms with Crippen molar-refractivity contribution in [3.05, 3.63) is 11.6 Å². The summed E-state index contributed by atoms with van der Waals surface area (Å²) in [5.74, 6) is 2.98. The Hall–Kier alpha value is -1.04. The van der Waals surface area contributed by atoms with Crippen LogP contribution in [-0.4, -0.2) is 38.6 Å². The zero-order chi connectivity index (χ0) is 10.7. The number of aryl methyl sites for hydroxylation is 1. The molecule has 5 nitrogen and oxygen atoms in total. The minimum absolute atomic E-state index is 0.170. The number of H-pyrrole nitrogens is 1. The van der Waals surface area contributed by atoms with Gasteiger partial charge < -0.3 is 5.32 Å². The summed E-state index contributed by atoms with van der Waals surface area (Å²) in [6.07, 6.45) is 2.08. The second-order valence-electron chi connectivity index (χ2n) is 3.60. The van der Waals surface area contributed by atoms with Crippen LogP contribution in [0, 0.1) is 6.92 Å². The van der Waals surface area contributed by atoms with E-state index in [-0.39, 0.29) is 17.8 Å². The zero-order valence-corrected chi connectivity index (χ0v) is 9.43. The summed E-state index contributed by atoms with van der Waals surface area (Å²) in [5, 5.41) is 9.44. The highest BCUT2D eigenvalue weighted by molar-refractivity contribution is 7.99. The zero-order valence-electron chi connectivity index (χ0n) is 8.62. The van der Waals surface area contributed by atoms with Crippen LogP contribution in [0.2, 0.25) is 0 Å². The average Bonchev–Trinajstić information content (AvgIpc) is 2.66. The van der Waals surface area contributed by atoms with E-state index in [2.05, 4.69) is 20.5 Å². The molecule has 2 N–H and O–H groups in total. The Morgan fingerprint density at radius 2 is 2.27 bits per heavy atom. The summed E-state index contributed by atoms with van der Waals surface area (Å²) in [7, 11) is 0. The molecule has 0 radical (unpaired) electrons. The van der Waals surface area contributed by atoms with Crippen molar-refractivity contribution in [2.45, 2.75) is 25.8 Å². The summed E-state index contributed by atoms with van der Waals surface area (Å²) >= 11 is 1.94. The van der Waals surface area contributed by atoms with E-state index in [4.69, 9.17) is 0 Å². The Labute approximate surface area is 92.4 Å². The molecular formula is C9H14N4OS. The van der Waals surface area contributed by atoms with Crippen LogP contribution < -0.4 is 5.32 Å². The molecule has 1 aliphatic rings. The number of amides is 1. The molecule has 6 heteroatoms. The second-order valence-corrected chi connectivity index (χ2v) is 4.83. The fraction of sp³-hybridized carbons (Fsp3) is 0.667. The van der Waals surface area contributed by atoms with Crippen LogP contribution in [0.3, 0.4) is 0 Å². The molecule has 0 spiro atoms. The van der Waals surface area contributed by atoms with Crippen LogP contribution >= 0.6 is 11.8 Å². The van der Waals surface area contributed by atoms with E-state index in [9.17, 15) is 4.79 Å². The van der Waals surface area contributed by atoms with Crippen LogP contribution in [-0.2, 0) is 0 Å². The van der Waals surface area contributed by atoms with E-state index in [0.29, 0.717) is 5.82 Å². The number of carbonyl (C=O) groups excluding carboxylic acids is 1. The molecule has 0 atom stereocenters. The first-order valence-corrected chi connectivity index (χ1v) is 6.19. The van der Waals surface area contributed by atoms with Crippen LogP contribution in [0.15, 0.2) is 0 Å². The SMILES string of the molecule is Cc1nc(C(=O)NC2CCSCC2)n[nH]1. The minimum Gasteiger partial charge on any atom is -0.346 e. The molecule has 1 aromatic heterocycles. The van der Waals surface area contributed by atoms with E-state index in [1.54, 1.807) is 6.92 Å².